The molecule has 0 fully saturated rings. The number of aromatic nitrogens is 7. The molecule has 0 aliphatic rings. The summed E-state index contributed by atoms with van der Waals surface area (Å²) < 4.78 is 21.6. The number of hydrogen-bond donors (Lipinski definition) is 1. The molecule has 5 rings (SSSR count). The lowest BCUT2D eigenvalue weighted by Crippen LogP contribution is -2.26. The lowest BCUT2D eigenvalue weighted by atomic mass is 10.1. The Morgan fingerprint density at radius 3 is 2.69 bits per heavy atom. The smallest absolute Gasteiger partial charge is 0.269 e. The highest BCUT2D eigenvalue weighted by molar-refractivity contribution is 5.93. The minimum Gasteiger partial charge on any atom is -0.343 e. The number of carbonyl (C=O) groups excluding carboxylic acids is 1. The summed E-state index contributed by atoms with van der Waals surface area (Å²) in [6.07, 6.45) is 1.78. The molecule has 0 radical (unpaired) electrons. The van der Waals surface area contributed by atoms with Crippen LogP contribution in [-0.2, 0) is 13.6 Å². The summed E-state index contributed by atoms with van der Waals surface area (Å²) in [4.78, 5) is 16.9. The maximum Gasteiger partial charge on any atom is 0.269 e. The zero-order chi connectivity index (χ0) is 22.2. The van der Waals surface area contributed by atoms with E-state index >= 15 is 0 Å². The molecule has 0 spiro atoms. The molecule has 1 amide bonds. The number of aryl methyl sites for hydroxylation is 2. The third-order valence-electron chi connectivity index (χ3n) is 4.91. The Bertz CT molecular complexity index is 1430. The van der Waals surface area contributed by atoms with Crippen molar-refractivity contribution in [3.63, 3.8) is 0 Å². The number of pyridine rings is 1. The van der Waals surface area contributed by atoms with Crippen LogP contribution in [0.4, 0.5) is 4.39 Å². The first kappa shape index (κ1) is 19.5. The van der Waals surface area contributed by atoms with Crippen molar-refractivity contribution in [1.82, 2.24) is 39.8 Å². The van der Waals surface area contributed by atoms with E-state index in [1.165, 1.54) is 16.8 Å². The highest BCUT2D eigenvalue weighted by Gasteiger charge is 2.16. The predicted octanol–water partition coefficient (Wildman–Crippen LogP) is 2.56. The van der Waals surface area contributed by atoms with Crippen LogP contribution in [0.2, 0.25) is 0 Å². The fraction of sp³-hybridized carbons (Fsp3) is 0.143. The van der Waals surface area contributed by atoms with Gasteiger partial charge in [0.1, 0.15) is 11.5 Å². The molecule has 11 heteroatoms. The number of amides is 1. The van der Waals surface area contributed by atoms with Crippen molar-refractivity contribution >= 4 is 11.6 Å². The maximum absolute atomic E-state index is 13.2. The van der Waals surface area contributed by atoms with E-state index in [0.717, 1.165) is 11.1 Å². The fourth-order valence-electron chi connectivity index (χ4n) is 3.30. The van der Waals surface area contributed by atoms with Crippen LogP contribution in [0.1, 0.15) is 22.1 Å². The summed E-state index contributed by atoms with van der Waals surface area (Å²) in [5.74, 6) is 0.853. The van der Waals surface area contributed by atoms with Crippen LogP contribution in [0.15, 0.2) is 53.2 Å². The molecule has 4 heterocycles. The average molecular weight is 432 g/mol. The van der Waals surface area contributed by atoms with Gasteiger partial charge in [0.15, 0.2) is 17.3 Å². The van der Waals surface area contributed by atoms with E-state index < -0.39 is 0 Å². The normalized spacial score (nSPS) is 11.2. The van der Waals surface area contributed by atoms with E-state index in [0.29, 0.717) is 34.6 Å². The Balaban J connectivity index is 1.32. The number of halogens is 1. The van der Waals surface area contributed by atoms with Gasteiger partial charge in [0.2, 0.25) is 0 Å². The Morgan fingerprint density at radius 1 is 1.12 bits per heavy atom. The van der Waals surface area contributed by atoms with Gasteiger partial charge in [0.05, 0.1) is 12.2 Å². The topological polar surface area (TPSA) is 116 Å². The number of nitrogens with one attached hydrogen (secondary N) is 1. The largest absolute Gasteiger partial charge is 0.343 e. The van der Waals surface area contributed by atoms with Crippen molar-refractivity contribution in [3.05, 3.63) is 71.8 Å². The number of rotatable bonds is 5. The molecule has 0 bridgehead atoms. The summed E-state index contributed by atoms with van der Waals surface area (Å²) >= 11 is 0. The third kappa shape index (κ3) is 3.60. The molecule has 32 heavy (non-hydrogen) atoms. The van der Waals surface area contributed by atoms with Crippen LogP contribution in [-0.4, -0.2) is 40.4 Å². The first-order chi connectivity index (χ1) is 15.5. The quantitative estimate of drug-likeness (QED) is 0.454. The zero-order valence-electron chi connectivity index (χ0n) is 17.2. The summed E-state index contributed by atoms with van der Waals surface area (Å²) in [7, 11) is 1.68. The maximum atomic E-state index is 13.2. The Morgan fingerprint density at radius 2 is 1.94 bits per heavy atom. The van der Waals surface area contributed by atoms with E-state index in [-0.39, 0.29) is 18.3 Å². The van der Waals surface area contributed by atoms with E-state index in [9.17, 15) is 9.18 Å². The molecule has 0 saturated heterocycles. The van der Waals surface area contributed by atoms with E-state index in [2.05, 4.69) is 30.8 Å². The highest BCUT2D eigenvalue weighted by atomic mass is 19.1. The molecule has 0 aliphatic carbocycles. The summed E-state index contributed by atoms with van der Waals surface area (Å²) in [6.45, 7) is 1.91. The highest BCUT2D eigenvalue weighted by Crippen LogP contribution is 2.20. The first-order valence-corrected chi connectivity index (χ1v) is 9.70. The minimum atomic E-state index is -0.331. The number of nitrogens with zero attached hydrogens (tertiary/aromatic N) is 7. The van der Waals surface area contributed by atoms with Crippen molar-refractivity contribution in [2.75, 3.05) is 0 Å². The Labute approximate surface area is 180 Å². The summed E-state index contributed by atoms with van der Waals surface area (Å²) in [5.41, 5.74) is 2.98. The molecular weight excluding hydrogens is 415 g/mol. The van der Waals surface area contributed by atoms with Crippen molar-refractivity contribution in [2.24, 2.45) is 7.05 Å². The second kappa shape index (κ2) is 7.69. The number of carbonyl (C=O) groups is 1. The van der Waals surface area contributed by atoms with Crippen LogP contribution in [0.3, 0.4) is 0 Å². The zero-order valence-corrected chi connectivity index (χ0v) is 17.2. The molecule has 4 aromatic heterocycles. The lowest BCUT2D eigenvalue weighted by molar-refractivity contribution is 0.0940. The number of hydrogen-bond acceptors (Lipinski definition) is 7. The Kier molecular flexibility index (Phi) is 4.70. The van der Waals surface area contributed by atoms with Gasteiger partial charge < -0.3 is 9.84 Å². The van der Waals surface area contributed by atoms with Crippen molar-refractivity contribution in [1.29, 1.82) is 0 Å². The minimum absolute atomic E-state index is 0.163. The molecule has 1 N–H and O–H groups in total. The molecule has 1 aromatic carbocycles. The van der Waals surface area contributed by atoms with Gasteiger partial charge in [-0.2, -0.15) is 10.1 Å². The van der Waals surface area contributed by atoms with Crippen molar-refractivity contribution in [3.8, 4) is 22.7 Å². The van der Waals surface area contributed by atoms with Gasteiger partial charge in [0.25, 0.3) is 11.8 Å². The fourth-order valence-corrected chi connectivity index (χ4v) is 3.30. The third-order valence-corrected chi connectivity index (χ3v) is 4.91. The van der Waals surface area contributed by atoms with E-state index in [4.69, 9.17) is 4.52 Å². The second-order valence-electron chi connectivity index (χ2n) is 7.13. The number of benzene rings is 1. The number of fused-ring (bicyclic) bond motifs is 1. The summed E-state index contributed by atoms with van der Waals surface area (Å²) in [5, 5.41) is 19.3. The van der Waals surface area contributed by atoms with Crippen LogP contribution in [0.25, 0.3) is 28.4 Å². The van der Waals surface area contributed by atoms with Gasteiger partial charge in [-0.05, 0) is 49.4 Å². The first-order valence-electron chi connectivity index (χ1n) is 9.70. The van der Waals surface area contributed by atoms with Crippen LogP contribution in [0.5, 0.6) is 0 Å². The second-order valence-corrected chi connectivity index (χ2v) is 7.13. The summed E-state index contributed by atoms with van der Waals surface area (Å²) in [6, 6.07) is 11.2. The van der Waals surface area contributed by atoms with Crippen LogP contribution >= 0.6 is 0 Å². The monoisotopic (exact) mass is 432 g/mol. The van der Waals surface area contributed by atoms with Crippen LogP contribution < -0.4 is 5.32 Å². The van der Waals surface area contributed by atoms with Crippen LogP contribution in [0, 0.1) is 12.7 Å². The molecule has 160 valence electrons. The molecule has 0 aliphatic heterocycles. The van der Waals surface area contributed by atoms with Gasteiger partial charge in [-0.15, -0.1) is 10.2 Å². The molecule has 0 atom stereocenters. The van der Waals surface area contributed by atoms with Gasteiger partial charge in [-0.1, -0.05) is 5.16 Å². The van der Waals surface area contributed by atoms with Crippen molar-refractivity contribution < 1.29 is 13.7 Å². The predicted molar refractivity (Wildman–Crippen MR) is 111 cm³/mol. The molecule has 10 nitrogen and oxygen atoms in total. The average Bonchev–Trinajstić information content (AvgIpc) is 3.50. The van der Waals surface area contributed by atoms with E-state index in [1.54, 1.807) is 48.8 Å². The molecule has 0 unspecified atom stereocenters. The van der Waals surface area contributed by atoms with Gasteiger partial charge in [-0.25, -0.2) is 4.39 Å². The SMILES string of the molecule is Cc1noc(-c2ccn3c(CNC(=O)c4cc(-c5ccc(F)cc5)nn4C)nnc3c2)n1. The standard InChI is InChI=1S/C21H17FN8O2/c1-12-24-21(32-28-12)14-7-8-30-18(9-14)25-26-19(30)11-23-20(31)17-10-16(27-29(17)2)13-3-5-15(22)6-4-13/h3-10H,11H2,1-2H3,(H,23,31). The van der Waals surface area contributed by atoms with Gasteiger partial charge >= 0.3 is 0 Å². The van der Waals surface area contributed by atoms with Crippen molar-refractivity contribution in [2.45, 2.75) is 13.5 Å². The Hall–Kier alpha value is -4.41. The van der Waals surface area contributed by atoms with Gasteiger partial charge in [-0.3, -0.25) is 13.9 Å². The molecular formula is C21H17FN8O2. The lowest BCUT2D eigenvalue weighted by Gasteiger charge is -2.04. The van der Waals surface area contributed by atoms with Gasteiger partial charge in [0, 0.05) is 24.4 Å². The van der Waals surface area contributed by atoms with E-state index in [1.807, 2.05) is 6.07 Å². The molecule has 5 aromatic rings. The molecule has 0 saturated carbocycles.